The molecule has 0 saturated heterocycles. The number of hydrogen-bond acceptors (Lipinski definition) is 2. The Morgan fingerprint density at radius 1 is 1.56 bits per heavy atom. The standard InChI is InChI=1S/C13H17NO2/c1-2-14-8-7-11-5-3-4-6-12(9-11)10-13(15)16/h2,4-6,9H,3,7-8,10H2,1H3,(H,15,16)/b14-2-. The van der Waals surface area contributed by atoms with Gasteiger partial charge in [-0.3, -0.25) is 9.79 Å². The Morgan fingerprint density at radius 2 is 2.38 bits per heavy atom. The summed E-state index contributed by atoms with van der Waals surface area (Å²) >= 11 is 0. The largest absolute Gasteiger partial charge is 0.481 e. The summed E-state index contributed by atoms with van der Waals surface area (Å²) in [6, 6.07) is 0. The van der Waals surface area contributed by atoms with Crippen LogP contribution in [-0.4, -0.2) is 23.8 Å². The Balaban J connectivity index is 2.63. The first-order valence-electron chi connectivity index (χ1n) is 5.44. The van der Waals surface area contributed by atoms with Gasteiger partial charge in [0.15, 0.2) is 0 Å². The van der Waals surface area contributed by atoms with Crippen molar-refractivity contribution in [3.8, 4) is 0 Å². The lowest BCUT2D eigenvalue weighted by molar-refractivity contribution is -0.136. The Labute approximate surface area is 95.9 Å². The fourth-order valence-corrected chi connectivity index (χ4v) is 1.57. The zero-order valence-electron chi connectivity index (χ0n) is 9.52. The average Bonchev–Trinajstić information content (AvgIpc) is 2.43. The van der Waals surface area contributed by atoms with Crippen LogP contribution in [0.1, 0.15) is 26.2 Å². The van der Waals surface area contributed by atoms with Gasteiger partial charge in [0.1, 0.15) is 0 Å². The second-order valence-corrected chi connectivity index (χ2v) is 3.62. The Morgan fingerprint density at radius 3 is 3.06 bits per heavy atom. The molecule has 0 bridgehead atoms. The van der Waals surface area contributed by atoms with E-state index in [9.17, 15) is 4.79 Å². The molecule has 0 aromatic heterocycles. The normalized spacial score (nSPS) is 15.8. The summed E-state index contributed by atoms with van der Waals surface area (Å²) < 4.78 is 0. The fourth-order valence-electron chi connectivity index (χ4n) is 1.57. The van der Waals surface area contributed by atoms with E-state index in [2.05, 4.69) is 11.1 Å². The molecule has 1 aliphatic rings. The molecule has 3 nitrogen and oxygen atoms in total. The summed E-state index contributed by atoms with van der Waals surface area (Å²) in [4.78, 5) is 14.8. The number of carboxylic acids is 1. The van der Waals surface area contributed by atoms with Crippen molar-refractivity contribution >= 4 is 12.2 Å². The minimum absolute atomic E-state index is 0.0882. The van der Waals surface area contributed by atoms with Crippen molar-refractivity contribution in [3.05, 3.63) is 35.5 Å². The molecule has 86 valence electrons. The Bertz CT molecular complexity index is 362. The van der Waals surface area contributed by atoms with Gasteiger partial charge in [0.2, 0.25) is 0 Å². The van der Waals surface area contributed by atoms with Gasteiger partial charge in [0.05, 0.1) is 6.42 Å². The summed E-state index contributed by atoms with van der Waals surface area (Å²) in [5.41, 5.74) is 2.03. The molecule has 0 amide bonds. The van der Waals surface area contributed by atoms with Gasteiger partial charge in [-0.1, -0.05) is 24.3 Å². The van der Waals surface area contributed by atoms with E-state index in [4.69, 9.17) is 5.11 Å². The number of allylic oxidation sites excluding steroid dienone is 4. The van der Waals surface area contributed by atoms with Crippen molar-refractivity contribution in [2.45, 2.75) is 26.2 Å². The fraction of sp³-hybridized carbons (Fsp3) is 0.385. The molecule has 1 rings (SSSR count). The van der Waals surface area contributed by atoms with E-state index in [0.717, 1.165) is 25.0 Å². The molecule has 0 saturated carbocycles. The molecule has 1 aliphatic carbocycles. The average molecular weight is 219 g/mol. The number of nitrogens with zero attached hydrogens (tertiary/aromatic N) is 1. The molecule has 16 heavy (non-hydrogen) atoms. The molecule has 0 atom stereocenters. The van der Waals surface area contributed by atoms with Crippen LogP contribution >= 0.6 is 0 Å². The van der Waals surface area contributed by atoms with Crippen LogP contribution in [-0.2, 0) is 4.79 Å². The number of carboxylic acid groups (broad SMARTS) is 1. The highest BCUT2D eigenvalue weighted by molar-refractivity contribution is 5.71. The maximum Gasteiger partial charge on any atom is 0.307 e. The first-order valence-corrected chi connectivity index (χ1v) is 5.44. The number of carbonyl (C=O) groups is 1. The van der Waals surface area contributed by atoms with Crippen molar-refractivity contribution in [1.82, 2.24) is 0 Å². The van der Waals surface area contributed by atoms with Crippen molar-refractivity contribution in [3.63, 3.8) is 0 Å². The van der Waals surface area contributed by atoms with Gasteiger partial charge < -0.3 is 5.11 Å². The highest BCUT2D eigenvalue weighted by Crippen LogP contribution is 2.16. The summed E-state index contributed by atoms with van der Waals surface area (Å²) in [6.45, 7) is 2.66. The van der Waals surface area contributed by atoms with E-state index in [0.29, 0.717) is 0 Å². The molecule has 0 aliphatic heterocycles. The number of rotatable bonds is 5. The van der Waals surface area contributed by atoms with Crippen LogP contribution in [0.5, 0.6) is 0 Å². The van der Waals surface area contributed by atoms with Gasteiger partial charge >= 0.3 is 5.97 Å². The predicted molar refractivity (Wildman–Crippen MR) is 65.8 cm³/mol. The molecule has 0 aromatic carbocycles. The van der Waals surface area contributed by atoms with Crippen LogP contribution in [0.2, 0.25) is 0 Å². The topological polar surface area (TPSA) is 49.7 Å². The summed E-state index contributed by atoms with van der Waals surface area (Å²) in [5, 5.41) is 8.74. The molecule has 0 radical (unpaired) electrons. The lowest BCUT2D eigenvalue weighted by Gasteiger charge is -2.01. The SMILES string of the molecule is C/C=N\CCC1=CCC=CC(CC(=O)O)=C1. The smallest absolute Gasteiger partial charge is 0.307 e. The lowest BCUT2D eigenvalue weighted by atomic mass is 10.1. The third-order valence-corrected chi connectivity index (χ3v) is 2.29. The quantitative estimate of drug-likeness (QED) is 0.723. The molecular weight excluding hydrogens is 202 g/mol. The summed E-state index contributed by atoms with van der Waals surface area (Å²) in [7, 11) is 0. The van der Waals surface area contributed by atoms with E-state index < -0.39 is 5.97 Å². The highest BCUT2D eigenvalue weighted by Gasteiger charge is 2.04. The molecule has 0 heterocycles. The molecule has 0 aromatic rings. The molecule has 0 fully saturated rings. The minimum atomic E-state index is -0.788. The van der Waals surface area contributed by atoms with Gasteiger partial charge in [-0.25, -0.2) is 0 Å². The van der Waals surface area contributed by atoms with Crippen molar-refractivity contribution in [2.75, 3.05) is 6.54 Å². The van der Waals surface area contributed by atoms with Gasteiger partial charge in [0, 0.05) is 6.54 Å². The Hall–Kier alpha value is -1.64. The second-order valence-electron chi connectivity index (χ2n) is 3.62. The van der Waals surface area contributed by atoms with Gasteiger partial charge in [0.25, 0.3) is 0 Å². The third-order valence-electron chi connectivity index (χ3n) is 2.29. The molecule has 1 N–H and O–H groups in total. The summed E-state index contributed by atoms with van der Waals surface area (Å²) in [6.07, 6.45) is 11.6. The number of hydrogen-bond donors (Lipinski definition) is 1. The van der Waals surface area contributed by atoms with E-state index in [1.165, 1.54) is 5.57 Å². The molecule has 0 spiro atoms. The van der Waals surface area contributed by atoms with E-state index in [1.807, 2.05) is 25.2 Å². The maximum absolute atomic E-state index is 10.6. The van der Waals surface area contributed by atoms with Crippen LogP contribution in [0.4, 0.5) is 0 Å². The third kappa shape index (κ3) is 4.73. The van der Waals surface area contributed by atoms with Crippen LogP contribution in [0, 0.1) is 0 Å². The van der Waals surface area contributed by atoms with Crippen molar-refractivity contribution in [2.24, 2.45) is 4.99 Å². The van der Waals surface area contributed by atoms with Crippen molar-refractivity contribution in [1.29, 1.82) is 0 Å². The summed E-state index contributed by atoms with van der Waals surface area (Å²) in [5.74, 6) is -0.788. The van der Waals surface area contributed by atoms with E-state index in [-0.39, 0.29) is 6.42 Å². The van der Waals surface area contributed by atoms with Crippen LogP contribution < -0.4 is 0 Å². The van der Waals surface area contributed by atoms with Gasteiger partial charge in [-0.2, -0.15) is 0 Å². The zero-order chi connectivity index (χ0) is 11.8. The van der Waals surface area contributed by atoms with E-state index in [1.54, 1.807) is 6.21 Å². The maximum atomic E-state index is 10.6. The molecular formula is C13H17NO2. The van der Waals surface area contributed by atoms with Crippen LogP contribution in [0.15, 0.2) is 40.4 Å². The Kier molecular flexibility index (Phi) is 5.26. The molecule has 3 heteroatoms. The first kappa shape index (κ1) is 12.4. The van der Waals surface area contributed by atoms with Crippen molar-refractivity contribution < 1.29 is 9.90 Å². The van der Waals surface area contributed by atoms with Gasteiger partial charge in [-0.15, -0.1) is 0 Å². The highest BCUT2D eigenvalue weighted by atomic mass is 16.4. The van der Waals surface area contributed by atoms with E-state index >= 15 is 0 Å². The van der Waals surface area contributed by atoms with Crippen LogP contribution in [0.25, 0.3) is 0 Å². The predicted octanol–water partition coefficient (Wildman–Crippen LogP) is 2.75. The monoisotopic (exact) mass is 219 g/mol. The van der Waals surface area contributed by atoms with Crippen LogP contribution in [0.3, 0.4) is 0 Å². The first-order chi connectivity index (χ1) is 7.72. The minimum Gasteiger partial charge on any atom is -0.481 e. The van der Waals surface area contributed by atoms with Gasteiger partial charge in [-0.05, 0) is 37.1 Å². The number of aliphatic imine (C=N–C) groups is 1. The zero-order valence-corrected chi connectivity index (χ0v) is 9.52. The molecule has 0 unspecified atom stereocenters. The second kappa shape index (κ2) is 6.77. The number of aliphatic carboxylic acids is 1. The lowest BCUT2D eigenvalue weighted by Crippen LogP contribution is -1.96.